The highest BCUT2D eigenvalue weighted by molar-refractivity contribution is 5.89. The average molecular weight is 227 g/mol. The molecule has 6 heteroatoms. The maximum atomic E-state index is 13.1. The molecular weight excluding hydrogens is 223 g/mol. The van der Waals surface area contributed by atoms with E-state index in [0.717, 1.165) is 0 Å². The van der Waals surface area contributed by atoms with Crippen LogP contribution in [0.5, 0.6) is 0 Å². The smallest absolute Gasteiger partial charge is 0.364 e. The maximum absolute atomic E-state index is 13.1. The molecule has 0 unspecified atom stereocenters. The number of nitrogens with zero attached hydrogens (tertiary/aromatic N) is 1. The van der Waals surface area contributed by atoms with E-state index in [4.69, 9.17) is 10.4 Å². The van der Waals surface area contributed by atoms with E-state index >= 15 is 0 Å². The van der Waals surface area contributed by atoms with Crippen molar-refractivity contribution in [3.05, 3.63) is 40.7 Å². The Labute approximate surface area is 88.0 Å². The van der Waals surface area contributed by atoms with E-state index < -0.39 is 29.0 Å². The molecule has 0 heterocycles. The molecule has 0 amide bonds. The average Bonchev–Trinajstić information content (AvgIpc) is 2.22. The lowest BCUT2D eigenvalue weighted by atomic mass is 10.1. The van der Waals surface area contributed by atoms with Crippen molar-refractivity contribution in [3.63, 3.8) is 0 Å². The number of carboxylic acids is 1. The van der Waals surface area contributed by atoms with Gasteiger partial charge in [0.05, 0.1) is 11.6 Å². The van der Waals surface area contributed by atoms with Crippen molar-refractivity contribution < 1.29 is 23.1 Å². The Bertz CT molecular complexity index is 494. The Morgan fingerprint density at radius 3 is 2.25 bits per heavy atom. The van der Waals surface area contributed by atoms with Crippen LogP contribution in [0.15, 0.2) is 18.0 Å². The van der Waals surface area contributed by atoms with Crippen molar-refractivity contribution in [1.29, 1.82) is 5.26 Å². The van der Waals surface area contributed by atoms with Gasteiger partial charge >= 0.3 is 5.97 Å². The molecule has 0 atom stereocenters. The Morgan fingerprint density at radius 2 is 1.88 bits per heavy atom. The van der Waals surface area contributed by atoms with Crippen molar-refractivity contribution in [2.75, 3.05) is 0 Å². The first-order valence-corrected chi connectivity index (χ1v) is 3.95. The molecule has 1 aromatic carbocycles. The maximum Gasteiger partial charge on any atom is 0.364 e. The second-order valence-electron chi connectivity index (χ2n) is 2.76. The summed E-state index contributed by atoms with van der Waals surface area (Å²) in [4.78, 5) is 10.1. The number of nitriles is 1. The highest BCUT2D eigenvalue weighted by Gasteiger charge is 2.13. The lowest BCUT2D eigenvalue weighted by Gasteiger charge is -2.00. The first-order chi connectivity index (χ1) is 7.45. The molecule has 0 spiro atoms. The number of aliphatic carboxylic acids is 1. The van der Waals surface area contributed by atoms with Crippen LogP contribution in [0, 0.1) is 23.0 Å². The third kappa shape index (κ3) is 2.39. The third-order valence-corrected chi connectivity index (χ3v) is 1.68. The first-order valence-electron chi connectivity index (χ1n) is 3.95. The number of hydrogen-bond donors (Lipinski definition) is 1. The van der Waals surface area contributed by atoms with Crippen molar-refractivity contribution >= 4 is 12.0 Å². The summed E-state index contributed by atoms with van der Waals surface area (Å²) in [5.74, 6) is -6.02. The molecule has 1 rings (SSSR count). The van der Waals surface area contributed by atoms with Gasteiger partial charge < -0.3 is 5.11 Å². The number of halogens is 3. The molecule has 0 radical (unpaired) electrons. The fraction of sp³-hybridized carbons (Fsp3) is 0. The lowest BCUT2D eigenvalue weighted by Crippen LogP contribution is -1.97. The zero-order valence-corrected chi connectivity index (χ0v) is 7.67. The van der Waals surface area contributed by atoms with Crippen LogP contribution in [0.25, 0.3) is 6.08 Å². The predicted molar refractivity (Wildman–Crippen MR) is 47.8 cm³/mol. The second-order valence-corrected chi connectivity index (χ2v) is 2.76. The number of carbonyl (C=O) groups is 1. The van der Waals surface area contributed by atoms with E-state index in [0.29, 0.717) is 12.1 Å². The number of carboxylic acid groups (broad SMARTS) is 1. The van der Waals surface area contributed by atoms with Gasteiger partial charge in [-0.1, -0.05) is 0 Å². The fourth-order valence-corrected chi connectivity index (χ4v) is 0.975. The summed E-state index contributed by atoms with van der Waals surface area (Å²) < 4.78 is 38.9. The Balaban J connectivity index is 3.32. The summed E-state index contributed by atoms with van der Waals surface area (Å²) in [6, 6.07) is 2.87. The van der Waals surface area contributed by atoms with E-state index in [1.807, 2.05) is 0 Å². The zero-order chi connectivity index (χ0) is 12.3. The van der Waals surface area contributed by atoms with Gasteiger partial charge in [0.15, 0.2) is 0 Å². The van der Waals surface area contributed by atoms with Crippen molar-refractivity contribution in [2.24, 2.45) is 0 Å². The molecule has 1 N–H and O–H groups in total. The lowest BCUT2D eigenvalue weighted by molar-refractivity contribution is -0.134. The van der Waals surface area contributed by atoms with Crippen molar-refractivity contribution in [3.8, 4) is 6.07 Å². The number of hydrogen-bond acceptors (Lipinski definition) is 2. The molecule has 0 saturated heterocycles. The van der Waals surface area contributed by atoms with Gasteiger partial charge in [0.1, 0.15) is 11.6 Å². The van der Waals surface area contributed by atoms with Crippen LogP contribution in [0.3, 0.4) is 0 Å². The van der Waals surface area contributed by atoms with Crippen LogP contribution < -0.4 is 0 Å². The predicted octanol–water partition coefficient (Wildman–Crippen LogP) is 2.23. The van der Waals surface area contributed by atoms with Gasteiger partial charge in [0.2, 0.25) is 5.83 Å². The number of benzene rings is 1. The van der Waals surface area contributed by atoms with Crippen LogP contribution >= 0.6 is 0 Å². The van der Waals surface area contributed by atoms with E-state index in [2.05, 4.69) is 0 Å². The molecule has 0 aliphatic carbocycles. The monoisotopic (exact) mass is 227 g/mol. The van der Waals surface area contributed by atoms with Crippen LogP contribution in [0.2, 0.25) is 0 Å². The molecule has 0 aliphatic heterocycles. The first kappa shape index (κ1) is 11.8. The summed E-state index contributed by atoms with van der Waals surface area (Å²) >= 11 is 0. The van der Waals surface area contributed by atoms with Crippen LogP contribution in [-0.2, 0) is 4.79 Å². The molecule has 0 bridgehead atoms. The minimum absolute atomic E-state index is 0.216. The summed E-state index contributed by atoms with van der Waals surface area (Å²) in [6.07, 6.45) is 0.216. The third-order valence-electron chi connectivity index (χ3n) is 1.68. The van der Waals surface area contributed by atoms with Crippen LogP contribution in [0.4, 0.5) is 13.2 Å². The SMILES string of the molecule is N#Cc1cc(F)c(C=C(F)C(=O)O)c(F)c1. The summed E-state index contributed by atoms with van der Waals surface area (Å²) in [5.41, 5.74) is -1.11. The van der Waals surface area contributed by atoms with E-state index in [1.165, 1.54) is 6.07 Å². The van der Waals surface area contributed by atoms with Crippen LogP contribution in [0.1, 0.15) is 11.1 Å². The topological polar surface area (TPSA) is 61.1 Å². The molecule has 3 nitrogen and oxygen atoms in total. The van der Waals surface area contributed by atoms with Crippen LogP contribution in [-0.4, -0.2) is 11.1 Å². The number of rotatable bonds is 2. The van der Waals surface area contributed by atoms with Crippen molar-refractivity contribution in [2.45, 2.75) is 0 Å². The van der Waals surface area contributed by atoms with E-state index in [1.54, 1.807) is 0 Å². The quantitative estimate of drug-likeness (QED) is 0.788. The Hall–Kier alpha value is -2.29. The molecule has 1 aromatic rings. The Kier molecular flexibility index (Phi) is 3.30. The molecule has 0 saturated carbocycles. The molecule has 0 fully saturated rings. The minimum Gasteiger partial charge on any atom is -0.476 e. The van der Waals surface area contributed by atoms with Gasteiger partial charge in [-0.2, -0.15) is 9.65 Å². The van der Waals surface area contributed by atoms with Gasteiger partial charge in [-0.3, -0.25) is 0 Å². The summed E-state index contributed by atoms with van der Waals surface area (Å²) in [7, 11) is 0. The standard InChI is InChI=1S/C10H4F3NO2/c11-7-1-5(4-14)2-8(12)6(7)3-9(13)10(15)16/h1-3H,(H,15,16). The summed E-state index contributed by atoms with van der Waals surface area (Å²) in [6.45, 7) is 0. The molecule has 82 valence electrons. The molecule has 0 aromatic heterocycles. The highest BCUT2D eigenvalue weighted by Crippen LogP contribution is 2.18. The van der Waals surface area contributed by atoms with E-state index in [-0.39, 0.29) is 11.6 Å². The summed E-state index contributed by atoms with van der Waals surface area (Å²) in [5, 5.41) is 16.6. The zero-order valence-electron chi connectivity index (χ0n) is 7.67. The van der Waals surface area contributed by atoms with Gasteiger partial charge in [0, 0.05) is 5.56 Å². The van der Waals surface area contributed by atoms with Gasteiger partial charge in [0.25, 0.3) is 0 Å². The van der Waals surface area contributed by atoms with Gasteiger partial charge in [-0.05, 0) is 18.2 Å². The fourth-order valence-electron chi connectivity index (χ4n) is 0.975. The molecule has 16 heavy (non-hydrogen) atoms. The normalized spacial score (nSPS) is 11.0. The minimum atomic E-state index is -1.93. The molecular formula is C10H4F3NO2. The van der Waals surface area contributed by atoms with Gasteiger partial charge in [-0.25, -0.2) is 13.6 Å². The van der Waals surface area contributed by atoms with Gasteiger partial charge in [-0.15, -0.1) is 0 Å². The van der Waals surface area contributed by atoms with E-state index in [9.17, 15) is 18.0 Å². The van der Waals surface area contributed by atoms with Crippen molar-refractivity contribution in [1.82, 2.24) is 0 Å². The second kappa shape index (κ2) is 4.49. The highest BCUT2D eigenvalue weighted by atomic mass is 19.1. The molecule has 0 aliphatic rings. The largest absolute Gasteiger partial charge is 0.476 e. The Morgan fingerprint density at radius 1 is 1.38 bits per heavy atom.